The molecular weight excluding hydrogens is 182 g/mol. The summed E-state index contributed by atoms with van der Waals surface area (Å²) < 4.78 is 0. The van der Waals surface area contributed by atoms with Crippen LogP contribution in [0.4, 0.5) is 0 Å². The summed E-state index contributed by atoms with van der Waals surface area (Å²) >= 11 is 1.67. The van der Waals surface area contributed by atoms with E-state index in [1.165, 1.54) is 5.56 Å². The molecule has 0 aliphatic rings. The molecule has 13 heavy (non-hydrogen) atoms. The molecule has 0 spiro atoms. The van der Waals surface area contributed by atoms with Crippen molar-refractivity contribution in [2.45, 2.75) is 5.75 Å². The van der Waals surface area contributed by atoms with E-state index in [-0.39, 0.29) is 0 Å². The molecule has 0 amide bonds. The van der Waals surface area contributed by atoms with Crippen LogP contribution in [0.2, 0.25) is 0 Å². The third kappa shape index (κ3) is 3.46. The highest BCUT2D eigenvalue weighted by molar-refractivity contribution is 8.13. The van der Waals surface area contributed by atoms with Gasteiger partial charge in [-0.05, 0) is 11.6 Å². The molecule has 0 atom stereocenters. The quantitative estimate of drug-likeness (QED) is 0.574. The second kappa shape index (κ2) is 5.59. The van der Waals surface area contributed by atoms with Crippen LogP contribution < -0.4 is 5.32 Å². The van der Waals surface area contributed by atoms with Crippen LogP contribution in [0.15, 0.2) is 29.5 Å². The Morgan fingerprint density at radius 3 is 3.08 bits per heavy atom. The van der Waals surface area contributed by atoms with Crippen molar-refractivity contribution in [2.75, 3.05) is 14.1 Å². The number of nitrogens with one attached hydrogen (secondary N) is 1. The van der Waals surface area contributed by atoms with E-state index < -0.39 is 0 Å². The van der Waals surface area contributed by atoms with Gasteiger partial charge >= 0.3 is 0 Å². The summed E-state index contributed by atoms with van der Waals surface area (Å²) in [4.78, 5) is 8.11. The largest absolute Gasteiger partial charge is 0.368 e. The van der Waals surface area contributed by atoms with Crippen LogP contribution in [0.25, 0.3) is 0 Å². The number of aromatic nitrogens is 1. The Morgan fingerprint density at radius 1 is 1.69 bits per heavy atom. The first-order valence-electron chi connectivity index (χ1n) is 4.03. The van der Waals surface area contributed by atoms with Gasteiger partial charge in [-0.15, -0.1) is 0 Å². The van der Waals surface area contributed by atoms with Gasteiger partial charge in [0.1, 0.15) is 0 Å². The number of thioether (sulfide) groups is 1. The van der Waals surface area contributed by atoms with Gasteiger partial charge in [-0.3, -0.25) is 9.98 Å². The molecule has 1 N–H and O–H groups in total. The Labute approximate surface area is 82.7 Å². The molecule has 1 aromatic rings. The van der Waals surface area contributed by atoms with Crippen molar-refractivity contribution in [1.82, 2.24) is 10.3 Å². The van der Waals surface area contributed by atoms with E-state index >= 15 is 0 Å². The highest BCUT2D eigenvalue weighted by Gasteiger charge is 1.96. The fourth-order valence-electron chi connectivity index (χ4n) is 0.884. The summed E-state index contributed by atoms with van der Waals surface area (Å²) in [7, 11) is 3.65. The van der Waals surface area contributed by atoms with Gasteiger partial charge in [0.2, 0.25) is 0 Å². The van der Waals surface area contributed by atoms with Gasteiger partial charge in [-0.2, -0.15) is 0 Å². The molecule has 0 saturated heterocycles. The smallest absolute Gasteiger partial charge is 0.156 e. The zero-order valence-corrected chi connectivity index (χ0v) is 8.64. The molecule has 1 heterocycles. The number of aliphatic imine (C=N–C) groups is 1. The van der Waals surface area contributed by atoms with E-state index in [1.807, 2.05) is 19.3 Å². The summed E-state index contributed by atoms with van der Waals surface area (Å²) in [5.41, 5.74) is 1.21. The lowest BCUT2D eigenvalue weighted by atomic mass is 10.3. The molecule has 4 heteroatoms. The van der Waals surface area contributed by atoms with E-state index in [0.717, 1.165) is 10.9 Å². The van der Waals surface area contributed by atoms with E-state index in [9.17, 15) is 0 Å². The maximum Gasteiger partial charge on any atom is 0.156 e. The lowest BCUT2D eigenvalue weighted by molar-refractivity contribution is 1.18. The summed E-state index contributed by atoms with van der Waals surface area (Å²) in [6.45, 7) is 0. The maximum atomic E-state index is 4.07. The van der Waals surface area contributed by atoms with Crippen molar-refractivity contribution >= 4 is 16.9 Å². The molecule has 0 aromatic carbocycles. The Kier molecular flexibility index (Phi) is 4.32. The lowest BCUT2D eigenvalue weighted by Crippen LogP contribution is -2.13. The van der Waals surface area contributed by atoms with E-state index in [0.29, 0.717) is 0 Å². The number of pyridine rings is 1. The van der Waals surface area contributed by atoms with E-state index in [1.54, 1.807) is 25.0 Å². The summed E-state index contributed by atoms with van der Waals surface area (Å²) in [5.74, 6) is 0.904. The molecule has 0 bridgehead atoms. The average molecular weight is 195 g/mol. The highest BCUT2D eigenvalue weighted by atomic mass is 32.2. The van der Waals surface area contributed by atoms with Gasteiger partial charge < -0.3 is 5.32 Å². The van der Waals surface area contributed by atoms with E-state index in [2.05, 4.69) is 21.4 Å². The highest BCUT2D eigenvalue weighted by Crippen LogP contribution is 2.10. The molecule has 0 aliphatic heterocycles. The van der Waals surface area contributed by atoms with Gasteiger partial charge in [0.05, 0.1) is 0 Å². The fraction of sp³-hybridized carbons (Fsp3) is 0.333. The SMILES string of the molecule is CN=C(NC)SCc1cccnc1. The second-order valence-corrected chi connectivity index (χ2v) is 3.39. The monoisotopic (exact) mass is 195 g/mol. The van der Waals surface area contributed by atoms with Crippen LogP contribution in [0.5, 0.6) is 0 Å². The van der Waals surface area contributed by atoms with Crippen molar-refractivity contribution in [3.05, 3.63) is 30.1 Å². The second-order valence-electron chi connectivity index (χ2n) is 2.43. The molecule has 70 valence electrons. The zero-order chi connectivity index (χ0) is 9.52. The first-order valence-corrected chi connectivity index (χ1v) is 5.01. The standard InChI is InChI=1S/C9H13N3S/c1-10-9(11-2)13-7-8-4-3-5-12-6-8/h3-6H,7H2,1-2H3,(H,10,11). The predicted molar refractivity (Wildman–Crippen MR) is 58.0 cm³/mol. The molecule has 1 rings (SSSR count). The number of hydrogen-bond donors (Lipinski definition) is 1. The molecular formula is C9H13N3S. The Bertz CT molecular complexity index is 271. The van der Waals surface area contributed by atoms with Crippen molar-refractivity contribution < 1.29 is 0 Å². The minimum atomic E-state index is 0.904. The Morgan fingerprint density at radius 2 is 2.54 bits per heavy atom. The number of hydrogen-bond acceptors (Lipinski definition) is 3. The van der Waals surface area contributed by atoms with Gasteiger partial charge in [0, 0.05) is 32.2 Å². The molecule has 1 aromatic heterocycles. The van der Waals surface area contributed by atoms with Crippen molar-refractivity contribution in [1.29, 1.82) is 0 Å². The predicted octanol–water partition coefficient (Wildman–Crippen LogP) is 1.52. The Hall–Kier alpha value is -1.03. The molecule has 0 radical (unpaired) electrons. The maximum absolute atomic E-state index is 4.07. The average Bonchev–Trinajstić information content (AvgIpc) is 2.21. The van der Waals surface area contributed by atoms with Gasteiger partial charge in [-0.1, -0.05) is 17.8 Å². The zero-order valence-electron chi connectivity index (χ0n) is 7.82. The van der Waals surface area contributed by atoms with E-state index in [4.69, 9.17) is 0 Å². The number of amidine groups is 1. The van der Waals surface area contributed by atoms with Gasteiger partial charge in [0.25, 0.3) is 0 Å². The first kappa shape index (κ1) is 10.1. The molecule has 0 aliphatic carbocycles. The van der Waals surface area contributed by atoms with Gasteiger partial charge in [-0.25, -0.2) is 0 Å². The van der Waals surface area contributed by atoms with Gasteiger partial charge in [0.15, 0.2) is 5.17 Å². The minimum Gasteiger partial charge on any atom is -0.368 e. The third-order valence-electron chi connectivity index (χ3n) is 1.52. The number of nitrogens with zero attached hydrogens (tertiary/aromatic N) is 2. The van der Waals surface area contributed by atoms with Crippen molar-refractivity contribution in [3.63, 3.8) is 0 Å². The number of rotatable bonds is 2. The van der Waals surface area contributed by atoms with Crippen LogP contribution in [0.3, 0.4) is 0 Å². The van der Waals surface area contributed by atoms with Crippen LogP contribution in [-0.2, 0) is 5.75 Å². The topological polar surface area (TPSA) is 37.3 Å². The molecule has 0 unspecified atom stereocenters. The lowest BCUT2D eigenvalue weighted by Gasteiger charge is -2.03. The molecule has 3 nitrogen and oxygen atoms in total. The van der Waals surface area contributed by atoms with Crippen molar-refractivity contribution in [2.24, 2.45) is 4.99 Å². The normalized spacial score (nSPS) is 11.4. The summed E-state index contributed by atoms with van der Waals surface area (Å²) in [6, 6.07) is 4.00. The fourth-order valence-corrected chi connectivity index (χ4v) is 1.63. The van der Waals surface area contributed by atoms with Crippen LogP contribution in [0.1, 0.15) is 5.56 Å². The minimum absolute atomic E-state index is 0.904. The molecule has 0 saturated carbocycles. The first-order chi connectivity index (χ1) is 6.36. The van der Waals surface area contributed by atoms with Crippen LogP contribution in [-0.4, -0.2) is 24.2 Å². The summed E-state index contributed by atoms with van der Waals surface area (Å²) in [5, 5.41) is 3.96. The molecule has 0 fully saturated rings. The summed E-state index contributed by atoms with van der Waals surface area (Å²) in [6.07, 6.45) is 3.65. The van der Waals surface area contributed by atoms with Crippen LogP contribution in [0, 0.1) is 0 Å². The van der Waals surface area contributed by atoms with Crippen molar-refractivity contribution in [3.8, 4) is 0 Å². The Balaban J connectivity index is 2.43. The third-order valence-corrected chi connectivity index (χ3v) is 2.65. The van der Waals surface area contributed by atoms with Crippen LogP contribution >= 0.6 is 11.8 Å².